The van der Waals surface area contributed by atoms with Gasteiger partial charge in [0.1, 0.15) is 6.33 Å². The summed E-state index contributed by atoms with van der Waals surface area (Å²) in [5.74, 6) is 0.529. The predicted molar refractivity (Wildman–Crippen MR) is 59.2 cm³/mol. The van der Waals surface area contributed by atoms with Crippen molar-refractivity contribution in [3.8, 4) is 0 Å². The molecule has 0 saturated heterocycles. The Morgan fingerprint density at radius 1 is 1.33 bits per heavy atom. The largest absolute Gasteiger partial charge is 0.392 e. The summed E-state index contributed by atoms with van der Waals surface area (Å²) < 4.78 is 0. The second-order valence-corrected chi connectivity index (χ2v) is 4.16. The van der Waals surface area contributed by atoms with Crippen LogP contribution in [0.4, 0.5) is 0 Å². The molecule has 1 aromatic rings. The zero-order valence-electron chi connectivity index (χ0n) is 9.35. The van der Waals surface area contributed by atoms with Crippen LogP contribution < -0.4 is 5.32 Å². The summed E-state index contributed by atoms with van der Waals surface area (Å²) in [6.07, 6.45) is 5.62. The van der Waals surface area contributed by atoms with Crippen molar-refractivity contribution in [3.63, 3.8) is 0 Å². The molecule has 2 N–H and O–H groups in total. The van der Waals surface area contributed by atoms with Gasteiger partial charge in [0.2, 0.25) is 0 Å². The third-order valence-corrected chi connectivity index (χ3v) is 2.07. The zero-order chi connectivity index (χ0) is 11.1. The lowest BCUT2D eigenvalue weighted by Crippen LogP contribution is -2.27. The molecule has 1 atom stereocenters. The van der Waals surface area contributed by atoms with Crippen LogP contribution in [-0.2, 0) is 6.54 Å². The van der Waals surface area contributed by atoms with E-state index in [0.717, 1.165) is 12.0 Å². The molecule has 0 aromatic carbocycles. The minimum atomic E-state index is -0.269. The molecule has 1 rings (SSSR count). The normalized spacial score (nSPS) is 13.1. The highest BCUT2D eigenvalue weighted by Crippen LogP contribution is 2.03. The Morgan fingerprint density at radius 2 is 2.00 bits per heavy atom. The fourth-order valence-electron chi connectivity index (χ4n) is 1.43. The Labute approximate surface area is 90.8 Å². The highest BCUT2D eigenvalue weighted by atomic mass is 16.3. The van der Waals surface area contributed by atoms with E-state index in [9.17, 15) is 5.11 Å². The van der Waals surface area contributed by atoms with Gasteiger partial charge in [-0.25, -0.2) is 9.97 Å². The number of hydrogen-bond acceptors (Lipinski definition) is 4. The first-order valence-corrected chi connectivity index (χ1v) is 5.31. The van der Waals surface area contributed by atoms with E-state index in [1.165, 1.54) is 6.33 Å². The summed E-state index contributed by atoms with van der Waals surface area (Å²) in [7, 11) is 0. The van der Waals surface area contributed by atoms with Crippen molar-refractivity contribution in [1.29, 1.82) is 0 Å². The number of aromatic nitrogens is 2. The minimum Gasteiger partial charge on any atom is -0.392 e. The highest BCUT2D eigenvalue weighted by molar-refractivity contribution is 5.01. The summed E-state index contributed by atoms with van der Waals surface area (Å²) in [5, 5.41) is 12.8. The zero-order valence-corrected chi connectivity index (χ0v) is 9.35. The quantitative estimate of drug-likeness (QED) is 0.733. The van der Waals surface area contributed by atoms with E-state index in [2.05, 4.69) is 29.1 Å². The Hall–Kier alpha value is -1.00. The maximum absolute atomic E-state index is 9.60. The van der Waals surface area contributed by atoms with Crippen molar-refractivity contribution in [2.45, 2.75) is 32.9 Å². The first kappa shape index (κ1) is 12.1. The van der Waals surface area contributed by atoms with Crippen LogP contribution >= 0.6 is 0 Å². The lowest BCUT2D eigenvalue weighted by molar-refractivity contribution is 0.146. The Morgan fingerprint density at radius 3 is 2.60 bits per heavy atom. The smallest absolute Gasteiger partial charge is 0.115 e. The molecule has 4 nitrogen and oxygen atoms in total. The molecule has 1 heterocycles. The van der Waals surface area contributed by atoms with Crippen LogP contribution in [0.15, 0.2) is 18.7 Å². The monoisotopic (exact) mass is 209 g/mol. The van der Waals surface area contributed by atoms with Crippen LogP contribution in [0.5, 0.6) is 0 Å². The van der Waals surface area contributed by atoms with E-state index >= 15 is 0 Å². The second-order valence-electron chi connectivity index (χ2n) is 4.16. The van der Waals surface area contributed by atoms with Crippen molar-refractivity contribution >= 4 is 0 Å². The molecule has 0 aliphatic heterocycles. The van der Waals surface area contributed by atoms with Crippen molar-refractivity contribution < 1.29 is 5.11 Å². The van der Waals surface area contributed by atoms with Gasteiger partial charge in [-0.1, -0.05) is 13.8 Å². The molecule has 4 heteroatoms. The van der Waals surface area contributed by atoms with Crippen molar-refractivity contribution in [2.24, 2.45) is 5.92 Å². The van der Waals surface area contributed by atoms with Crippen molar-refractivity contribution in [2.75, 3.05) is 6.54 Å². The number of nitrogens with zero attached hydrogens (tertiary/aromatic N) is 2. The predicted octanol–water partition coefficient (Wildman–Crippen LogP) is 0.973. The van der Waals surface area contributed by atoms with Gasteiger partial charge in [0.05, 0.1) is 6.10 Å². The van der Waals surface area contributed by atoms with E-state index in [4.69, 9.17) is 0 Å². The van der Waals surface area contributed by atoms with Crippen molar-refractivity contribution in [3.05, 3.63) is 24.3 Å². The van der Waals surface area contributed by atoms with Crippen LogP contribution in [0.2, 0.25) is 0 Å². The van der Waals surface area contributed by atoms with Gasteiger partial charge in [-0.2, -0.15) is 0 Å². The van der Waals surface area contributed by atoms with E-state index in [1.807, 2.05) is 0 Å². The molecule has 0 bridgehead atoms. The SMILES string of the molecule is CC(C)CC(O)CNCc1cncnc1. The highest BCUT2D eigenvalue weighted by Gasteiger charge is 2.05. The third kappa shape index (κ3) is 5.44. The first-order valence-electron chi connectivity index (χ1n) is 5.31. The number of rotatable bonds is 6. The van der Waals surface area contributed by atoms with E-state index in [0.29, 0.717) is 19.0 Å². The first-order chi connectivity index (χ1) is 7.18. The van der Waals surface area contributed by atoms with Crippen LogP contribution in [0.25, 0.3) is 0 Å². The van der Waals surface area contributed by atoms with Crippen LogP contribution in [-0.4, -0.2) is 27.7 Å². The topological polar surface area (TPSA) is 58.0 Å². The number of hydrogen-bond donors (Lipinski definition) is 2. The van der Waals surface area contributed by atoms with Gasteiger partial charge in [0.15, 0.2) is 0 Å². The third-order valence-electron chi connectivity index (χ3n) is 2.07. The molecular weight excluding hydrogens is 190 g/mol. The van der Waals surface area contributed by atoms with Gasteiger partial charge in [0, 0.05) is 31.0 Å². The van der Waals surface area contributed by atoms with Gasteiger partial charge < -0.3 is 10.4 Å². The average Bonchev–Trinajstić information content (AvgIpc) is 2.18. The molecule has 0 amide bonds. The summed E-state index contributed by atoms with van der Waals surface area (Å²) in [6.45, 7) is 5.53. The molecule has 0 saturated carbocycles. The van der Waals surface area contributed by atoms with Gasteiger partial charge >= 0.3 is 0 Å². The lowest BCUT2D eigenvalue weighted by Gasteiger charge is -2.13. The van der Waals surface area contributed by atoms with Gasteiger partial charge in [-0.05, 0) is 12.3 Å². The number of aliphatic hydroxyl groups excluding tert-OH is 1. The Kier molecular flexibility index (Phi) is 5.21. The van der Waals surface area contributed by atoms with Gasteiger partial charge in [-0.15, -0.1) is 0 Å². The van der Waals surface area contributed by atoms with Crippen LogP contribution in [0.1, 0.15) is 25.8 Å². The second kappa shape index (κ2) is 6.48. The Balaban J connectivity index is 2.16. The summed E-state index contributed by atoms with van der Waals surface area (Å²) >= 11 is 0. The van der Waals surface area contributed by atoms with Gasteiger partial charge in [-0.3, -0.25) is 0 Å². The standard InChI is InChI=1S/C11H19N3O/c1-9(2)3-11(15)7-12-4-10-5-13-8-14-6-10/h5-6,8-9,11-12,15H,3-4,7H2,1-2H3. The maximum atomic E-state index is 9.60. The van der Waals surface area contributed by atoms with E-state index < -0.39 is 0 Å². The molecule has 1 unspecified atom stereocenters. The molecule has 0 radical (unpaired) electrons. The molecule has 0 aliphatic carbocycles. The molecule has 84 valence electrons. The molecular formula is C11H19N3O. The molecule has 1 aromatic heterocycles. The number of aliphatic hydroxyl groups is 1. The summed E-state index contributed by atoms with van der Waals surface area (Å²) in [6, 6.07) is 0. The molecule has 0 fully saturated rings. The van der Waals surface area contributed by atoms with Crippen LogP contribution in [0.3, 0.4) is 0 Å². The molecule has 0 spiro atoms. The number of nitrogens with one attached hydrogen (secondary N) is 1. The van der Waals surface area contributed by atoms with Crippen LogP contribution in [0, 0.1) is 5.92 Å². The van der Waals surface area contributed by atoms with E-state index in [-0.39, 0.29) is 6.10 Å². The average molecular weight is 209 g/mol. The summed E-state index contributed by atoms with van der Waals surface area (Å²) in [4.78, 5) is 7.83. The van der Waals surface area contributed by atoms with Crippen molar-refractivity contribution in [1.82, 2.24) is 15.3 Å². The lowest BCUT2D eigenvalue weighted by atomic mass is 10.1. The maximum Gasteiger partial charge on any atom is 0.115 e. The summed E-state index contributed by atoms with van der Waals surface area (Å²) in [5.41, 5.74) is 1.04. The molecule has 15 heavy (non-hydrogen) atoms. The van der Waals surface area contributed by atoms with E-state index in [1.54, 1.807) is 12.4 Å². The molecule has 0 aliphatic rings. The Bertz CT molecular complexity index is 264. The van der Waals surface area contributed by atoms with Gasteiger partial charge in [0.25, 0.3) is 0 Å². The minimum absolute atomic E-state index is 0.269. The fraction of sp³-hybridized carbons (Fsp3) is 0.636. The fourth-order valence-corrected chi connectivity index (χ4v) is 1.43.